The molecule has 0 aliphatic carbocycles. The summed E-state index contributed by atoms with van der Waals surface area (Å²) in [4.78, 5) is 11.0. The summed E-state index contributed by atoms with van der Waals surface area (Å²) >= 11 is 7.83. The van der Waals surface area contributed by atoms with E-state index in [9.17, 15) is 17.6 Å². The van der Waals surface area contributed by atoms with Crippen LogP contribution in [0.2, 0.25) is 5.02 Å². The van der Waals surface area contributed by atoms with E-state index >= 15 is 0 Å². The van der Waals surface area contributed by atoms with Crippen LogP contribution in [0.15, 0.2) is 22.5 Å². The van der Waals surface area contributed by atoms with Gasteiger partial charge in [-0.3, -0.25) is 9.52 Å². The molecule has 0 saturated carbocycles. The highest BCUT2D eigenvalue weighted by molar-refractivity contribution is 8.01. The smallest absolute Gasteiger partial charge is 0.316 e. The van der Waals surface area contributed by atoms with Crippen LogP contribution in [0.3, 0.4) is 0 Å². The maximum atomic E-state index is 13.7. The van der Waals surface area contributed by atoms with Crippen LogP contribution in [-0.2, 0) is 25.3 Å². The van der Waals surface area contributed by atoms with Crippen LogP contribution >= 0.6 is 34.7 Å². The summed E-state index contributed by atoms with van der Waals surface area (Å²) < 4.78 is 45.0. The number of anilines is 1. The van der Waals surface area contributed by atoms with Gasteiger partial charge >= 0.3 is 5.97 Å². The topological polar surface area (TPSA) is 98.2 Å². The molecular weight excluding hydrogens is 401 g/mol. The second-order valence-corrected chi connectivity index (χ2v) is 8.63. The zero-order valence-corrected chi connectivity index (χ0v) is 15.4. The molecule has 130 valence electrons. The van der Waals surface area contributed by atoms with E-state index < -0.39 is 27.6 Å². The van der Waals surface area contributed by atoms with Crippen LogP contribution in [0.25, 0.3) is 0 Å². The van der Waals surface area contributed by atoms with Crippen LogP contribution in [0.4, 0.5) is 9.52 Å². The number of esters is 1. The molecule has 0 amide bonds. The van der Waals surface area contributed by atoms with Crippen molar-refractivity contribution in [3.63, 3.8) is 0 Å². The molecule has 24 heavy (non-hydrogen) atoms. The quantitative estimate of drug-likeness (QED) is 0.552. The highest BCUT2D eigenvalue weighted by atomic mass is 35.5. The molecule has 0 radical (unpaired) electrons. The number of halogens is 2. The number of methoxy groups -OCH3 is 1. The second-order valence-electron chi connectivity index (χ2n) is 4.30. The Morgan fingerprint density at radius 1 is 1.46 bits per heavy atom. The molecule has 7 nitrogen and oxygen atoms in total. The molecule has 1 aromatic carbocycles. The monoisotopic (exact) mass is 411 g/mol. The van der Waals surface area contributed by atoms with Crippen molar-refractivity contribution >= 4 is 55.8 Å². The van der Waals surface area contributed by atoms with Crippen LogP contribution in [0.5, 0.6) is 0 Å². The molecule has 0 fully saturated rings. The fourth-order valence-electron chi connectivity index (χ4n) is 1.52. The van der Waals surface area contributed by atoms with E-state index in [1.165, 1.54) is 19.2 Å². The average Bonchev–Trinajstić information content (AvgIpc) is 2.95. The van der Waals surface area contributed by atoms with Gasteiger partial charge in [0.25, 0.3) is 0 Å². The molecule has 1 N–H and O–H groups in total. The number of rotatable bonds is 7. The van der Waals surface area contributed by atoms with E-state index in [4.69, 9.17) is 11.6 Å². The summed E-state index contributed by atoms with van der Waals surface area (Å²) in [5, 5.41) is 7.45. The van der Waals surface area contributed by atoms with Crippen molar-refractivity contribution < 1.29 is 22.3 Å². The summed E-state index contributed by atoms with van der Waals surface area (Å²) in [7, 11) is -2.66. The third-order valence-corrected chi connectivity index (χ3v) is 6.19. The Kier molecular flexibility index (Phi) is 6.38. The first-order valence-corrected chi connectivity index (χ1v) is 10.1. The van der Waals surface area contributed by atoms with Crippen molar-refractivity contribution in [3.05, 3.63) is 34.6 Å². The third kappa shape index (κ3) is 5.30. The Bertz CT molecular complexity index is 824. The number of benzene rings is 1. The summed E-state index contributed by atoms with van der Waals surface area (Å²) in [6, 6.07) is 3.92. The first-order chi connectivity index (χ1) is 11.3. The number of nitrogens with one attached hydrogen (secondary N) is 1. The lowest BCUT2D eigenvalue weighted by Gasteiger charge is -2.07. The van der Waals surface area contributed by atoms with Crippen molar-refractivity contribution in [2.24, 2.45) is 0 Å². The van der Waals surface area contributed by atoms with Crippen LogP contribution < -0.4 is 4.72 Å². The zero-order chi connectivity index (χ0) is 17.7. The van der Waals surface area contributed by atoms with Crippen LogP contribution in [0.1, 0.15) is 5.56 Å². The fraction of sp³-hybridized carbons (Fsp3) is 0.250. The molecule has 1 heterocycles. The minimum Gasteiger partial charge on any atom is -0.468 e. The van der Waals surface area contributed by atoms with E-state index in [-0.39, 0.29) is 21.5 Å². The van der Waals surface area contributed by atoms with Gasteiger partial charge in [-0.1, -0.05) is 40.8 Å². The minimum atomic E-state index is -3.92. The van der Waals surface area contributed by atoms with E-state index in [0.29, 0.717) is 4.34 Å². The fourth-order valence-corrected chi connectivity index (χ4v) is 4.86. The van der Waals surface area contributed by atoms with Gasteiger partial charge in [0.1, 0.15) is 5.82 Å². The summed E-state index contributed by atoms with van der Waals surface area (Å²) in [6.45, 7) is 0. The van der Waals surface area contributed by atoms with Crippen molar-refractivity contribution in [2.75, 3.05) is 17.6 Å². The highest BCUT2D eigenvalue weighted by Crippen LogP contribution is 2.27. The van der Waals surface area contributed by atoms with Gasteiger partial charge in [0.05, 0.1) is 18.6 Å². The number of ether oxygens (including phenoxy) is 1. The molecule has 0 bridgehead atoms. The van der Waals surface area contributed by atoms with E-state index in [1.54, 1.807) is 0 Å². The SMILES string of the molecule is COC(=O)CSc1nnc(NS(=O)(=O)Cc2c(F)cccc2Cl)s1. The molecule has 0 aliphatic heterocycles. The Labute approximate surface area is 150 Å². The first-order valence-electron chi connectivity index (χ1n) is 6.27. The number of carbonyl (C=O) groups is 1. The minimum absolute atomic E-state index is 0.00910. The highest BCUT2D eigenvalue weighted by Gasteiger charge is 2.19. The summed E-state index contributed by atoms with van der Waals surface area (Å²) in [5.74, 6) is -1.75. The number of carbonyl (C=O) groups excluding carboxylic acids is 1. The number of hydrogen-bond donors (Lipinski definition) is 1. The molecule has 12 heteroatoms. The van der Waals surface area contributed by atoms with Gasteiger partial charge in [-0.05, 0) is 12.1 Å². The van der Waals surface area contributed by atoms with Crippen molar-refractivity contribution in [1.29, 1.82) is 0 Å². The van der Waals surface area contributed by atoms with Gasteiger partial charge in [-0.2, -0.15) is 0 Å². The molecule has 2 aromatic rings. The lowest BCUT2D eigenvalue weighted by Crippen LogP contribution is -2.16. The number of sulfonamides is 1. The molecule has 1 aromatic heterocycles. The maximum absolute atomic E-state index is 13.7. The zero-order valence-electron chi connectivity index (χ0n) is 12.2. The van der Waals surface area contributed by atoms with Crippen LogP contribution in [-0.4, -0.2) is 37.4 Å². The molecule has 0 aliphatic rings. The van der Waals surface area contributed by atoms with Crippen molar-refractivity contribution in [1.82, 2.24) is 10.2 Å². The molecule has 2 rings (SSSR count). The Balaban J connectivity index is 2.04. The van der Waals surface area contributed by atoms with Gasteiger partial charge in [-0.25, -0.2) is 12.8 Å². The summed E-state index contributed by atoms with van der Waals surface area (Å²) in [5.41, 5.74) is -0.128. The normalized spacial score (nSPS) is 11.3. The average molecular weight is 412 g/mol. The van der Waals surface area contributed by atoms with Gasteiger partial charge in [-0.15, -0.1) is 10.2 Å². The maximum Gasteiger partial charge on any atom is 0.316 e. The van der Waals surface area contributed by atoms with Crippen LogP contribution in [0, 0.1) is 5.82 Å². The van der Waals surface area contributed by atoms with Gasteiger partial charge in [0, 0.05) is 10.6 Å². The number of aromatic nitrogens is 2. The second kappa shape index (κ2) is 8.10. The predicted octanol–water partition coefficient (Wildman–Crippen LogP) is 2.54. The largest absolute Gasteiger partial charge is 0.468 e. The Hall–Kier alpha value is -1.43. The number of hydrogen-bond acceptors (Lipinski definition) is 8. The van der Waals surface area contributed by atoms with Crippen molar-refractivity contribution in [2.45, 2.75) is 10.1 Å². The number of thioether (sulfide) groups is 1. The number of nitrogens with zero attached hydrogens (tertiary/aromatic N) is 2. The van der Waals surface area contributed by atoms with E-state index in [0.717, 1.165) is 29.2 Å². The molecule has 0 unspecified atom stereocenters. The molecular formula is C12H11ClFN3O4S3. The van der Waals surface area contributed by atoms with E-state index in [1.807, 2.05) is 0 Å². The van der Waals surface area contributed by atoms with Gasteiger partial charge in [0.15, 0.2) is 4.34 Å². The summed E-state index contributed by atoms with van der Waals surface area (Å²) in [6.07, 6.45) is 0. The third-order valence-electron chi connectivity index (χ3n) is 2.59. The Morgan fingerprint density at radius 3 is 2.88 bits per heavy atom. The van der Waals surface area contributed by atoms with Gasteiger partial charge < -0.3 is 4.74 Å². The van der Waals surface area contributed by atoms with Gasteiger partial charge in [0.2, 0.25) is 15.2 Å². The predicted molar refractivity (Wildman–Crippen MR) is 90.3 cm³/mol. The lowest BCUT2D eigenvalue weighted by atomic mass is 10.2. The van der Waals surface area contributed by atoms with Crippen molar-refractivity contribution in [3.8, 4) is 0 Å². The molecule has 0 atom stereocenters. The lowest BCUT2D eigenvalue weighted by molar-refractivity contribution is -0.137. The standard InChI is InChI=1S/C12H11ClFN3O4S3/c1-21-10(18)5-22-12-16-15-11(23-12)17-24(19,20)6-7-8(13)3-2-4-9(7)14/h2-4H,5-6H2,1H3,(H,15,17). The molecule has 0 saturated heterocycles. The van der Waals surface area contributed by atoms with E-state index in [2.05, 4.69) is 19.7 Å². The Morgan fingerprint density at radius 2 is 2.21 bits per heavy atom. The molecule has 0 spiro atoms. The first kappa shape index (κ1) is 18.9.